The fourth-order valence-corrected chi connectivity index (χ4v) is 1.26. The molecule has 0 radical (unpaired) electrons. The molecule has 0 atom stereocenters. The third-order valence-electron chi connectivity index (χ3n) is 1.90. The summed E-state index contributed by atoms with van der Waals surface area (Å²) in [6.45, 7) is 2.95. The SMILES string of the molecule is CC(C)Oc1cc(NOCC(=O)O)ccc1[N+](=O)[O-]. The van der Waals surface area contributed by atoms with Crippen molar-refractivity contribution in [2.45, 2.75) is 20.0 Å². The Morgan fingerprint density at radius 2 is 2.21 bits per heavy atom. The van der Waals surface area contributed by atoms with Crippen LogP contribution in [0, 0.1) is 10.1 Å². The zero-order valence-electron chi connectivity index (χ0n) is 10.5. The van der Waals surface area contributed by atoms with Crippen LogP contribution in [0.15, 0.2) is 18.2 Å². The van der Waals surface area contributed by atoms with E-state index in [1.54, 1.807) is 13.8 Å². The number of hydrogen-bond acceptors (Lipinski definition) is 6. The van der Waals surface area contributed by atoms with E-state index in [9.17, 15) is 14.9 Å². The van der Waals surface area contributed by atoms with Gasteiger partial charge in [0.1, 0.15) is 0 Å². The molecular weight excluding hydrogens is 256 g/mol. The molecule has 0 aliphatic carbocycles. The second-order valence-electron chi connectivity index (χ2n) is 3.89. The molecule has 1 aromatic rings. The largest absolute Gasteiger partial charge is 0.484 e. The van der Waals surface area contributed by atoms with Gasteiger partial charge in [-0.3, -0.25) is 20.4 Å². The molecule has 0 aliphatic heterocycles. The van der Waals surface area contributed by atoms with Crippen molar-refractivity contribution >= 4 is 17.3 Å². The third-order valence-corrected chi connectivity index (χ3v) is 1.90. The first kappa shape index (κ1) is 14.7. The predicted octanol–water partition coefficient (Wildman–Crippen LogP) is 1.81. The van der Waals surface area contributed by atoms with Gasteiger partial charge < -0.3 is 9.84 Å². The minimum Gasteiger partial charge on any atom is -0.484 e. The first-order valence-electron chi connectivity index (χ1n) is 5.45. The van der Waals surface area contributed by atoms with Crippen LogP contribution in [0.25, 0.3) is 0 Å². The molecule has 0 spiro atoms. The molecule has 0 bridgehead atoms. The average Bonchev–Trinajstić information content (AvgIpc) is 2.27. The quantitative estimate of drug-likeness (QED) is 0.574. The molecule has 8 heteroatoms. The Morgan fingerprint density at radius 1 is 1.53 bits per heavy atom. The van der Waals surface area contributed by atoms with Gasteiger partial charge in [-0.25, -0.2) is 4.79 Å². The highest BCUT2D eigenvalue weighted by atomic mass is 16.7. The summed E-state index contributed by atoms with van der Waals surface area (Å²) in [5.41, 5.74) is 2.57. The molecule has 0 fully saturated rings. The lowest BCUT2D eigenvalue weighted by atomic mass is 10.2. The fraction of sp³-hybridized carbons (Fsp3) is 0.364. The minimum absolute atomic E-state index is 0.0870. The first-order chi connectivity index (χ1) is 8.90. The number of hydrogen-bond donors (Lipinski definition) is 2. The number of carbonyl (C=O) groups is 1. The van der Waals surface area contributed by atoms with E-state index in [1.807, 2.05) is 0 Å². The maximum atomic E-state index is 10.8. The van der Waals surface area contributed by atoms with Crippen molar-refractivity contribution in [2.75, 3.05) is 12.1 Å². The molecule has 0 amide bonds. The van der Waals surface area contributed by atoms with Gasteiger partial charge in [-0.05, 0) is 19.9 Å². The van der Waals surface area contributed by atoms with E-state index < -0.39 is 17.5 Å². The van der Waals surface area contributed by atoms with Gasteiger partial charge in [-0.2, -0.15) is 0 Å². The number of anilines is 1. The molecule has 0 unspecified atom stereocenters. The van der Waals surface area contributed by atoms with Gasteiger partial charge >= 0.3 is 11.7 Å². The van der Waals surface area contributed by atoms with Gasteiger partial charge in [0.2, 0.25) is 0 Å². The highest BCUT2D eigenvalue weighted by molar-refractivity contribution is 5.68. The molecule has 0 saturated heterocycles. The van der Waals surface area contributed by atoms with Crippen LogP contribution in [0.5, 0.6) is 5.75 Å². The van der Waals surface area contributed by atoms with Crippen molar-refractivity contribution in [2.24, 2.45) is 0 Å². The number of nitrogens with zero attached hydrogens (tertiary/aromatic N) is 1. The monoisotopic (exact) mass is 270 g/mol. The molecule has 0 aromatic heterocycles. The maximum absolute atomic E-state index is 10.8. The summed E-state index contributed by atoms with van der Waals surface area (Å²) in [7, 11) is 0. The lowest BCUT2D eigenvalue weighted by molar-refractivity contribution is -0.386. The fourth-order valence-electron chi connectivity index (χ4n) is 1.26. The summed E-state index contributed by atoms with van der Waals surface area (Å²) in [6.07, 6.45) is -0.228. The zero-order chi connectivity index (χ0) is 14.4. The molecule has 0 heterocycles. The Bertz CT molecular complexity index is 474. The number of nitro benzene ring substituents is 1. The average molecular weight is 270 g/mol. The summed E-state index contributed by atoms with van der Waals surface area (Å²) >= 11 is 0. The van der Waals surface area contributed by atoms with Crippen LogP contribution in [0.4, 0.5) is 11.4 Å². The minimum atomic E-state index is -1.13. The topological polar surface area (TPSA) is 111 Å². The predicted molar refractivity (Wildman–Crippen MR) is 66.1 cm³/mol. The van der Waals surface area contributed by atoms with Gasteiger partial charge in [-0.1, -0.05) is 0 Å². The van der Waals surface area contributed by atoms with Gasteiger partial charge in [0.15, 0.2) is 12.4 Å². The standard InChI is InChI=1S/C11H14N2O6/c1-7(2)19-10-5-8(12-18-6-11(14)15)3-4-9(10)13(16)17/h3-5,7,12H,6H2,1-2H3,(H,14,15). The van der Waals surface area contributed by atoms with E-state index in [2.05, 4.69) is 10.3 Å². The number of nitro groups is 1. The van der Waals surface area contributed by atoms with Crippen molar-refractivity contribution < 1.29 is 24.4 Å². The zero-order valence-corrected chi connectivity index (χ0v) is 10.5. The number of ether oxygens (including phenoxy) is 1. The second kappa shape index (κ2) is 6.55. The maximum Gasteiger partial charge on any atom is 0.332 e. The van der Waals surface area contributed by atoms with Crippen LogP contribution in [0.3, 0.4) is 0 Å². The molecule has 1 aromatic carbocycles. The Hall–Kier alpha value is -2.35. The summed E-state index contributed by atoms with van der Waals surface area (Å²) in [5.74, 6) is -1.04. The molecule has 2 N–H and O–H groups in total. The smallest absolute Gasteiger partial charge is 0.332 e. The number of nitrogens with one attached hydrogen (secondary N) is 1. The van der Waals surface area contributed by atoms with E-state index in [-0.39, 0.29) is 17.5 Å². The Labute approximate surface area is 109 Å². The number of rotatable bonds is 7. The van der Waals surface area contributed by atoms with E-state index in [0.29, 0.717) is 5.69 Å². The van der Waals surface area contributed by atoms with E-state index >= 15 is 0 Å². The van der Waals surface area contributed by atoms with Crippen LogP contribution >= 0.6 is 0 Å². The number of aliphatic carboxylic acids is 1. The van der Waals surface area contributed by atoms with Crippen LogP contribution in [-0.2, 0) is 9.63 Å². The number of carboxylic acids is 1. The Morgan fingerprint density at radius 3 is 2.74 bits per heavy atom. The first-order valence-corrected chi connectivity index (χ1v) is 5.45. The molecule has 1 rings (SSSR count). The van der Waals surface area contributed by atoms with Crippen molar-refractivity contribution in [3.63, 3.8) is 0 Å². The van der Waals surface area contributed by atoms with Gasteiger partial charge in [0, 0.05) is 12.1 Å². The van der Waals surface area contributed by atoms with Gasteiger partial charge in [-0.15, -0.1) is 0 Å². The van der Waals surface area contributed by atoms with Crippen molar-refractivity contribution in [1.29, 1.82) is 0 Å². The van der Waals surface area contributed by atoms with Crippen LogP contribution in [0.1, 0.15) is 13.8 Å². The number of carboxylic acid groups (broad SMARTS) is 1. The Kier molecular flexibility index (Phi) is 5.07. The normalized spacial score (nSPS) is 10.3. The second-order valence-corrected chi connectivity index (χ2v) is 3.89. The molecule has 0 aliphatic rings. The summed E-state index contributed by atoms with van der Waals surface area (Å²) in [4.78, 5) is 25.2. The highest BCUT2D eigenvalue weighted by Gasteiger charge is 2.16. The summed E-state index contributed by atoms with van der Waals surface area (Å²) < 4.78 is 5.32. The highest BCUT2D eigenvalue weighted by Crippen LogP contribution is 2.30. The third kappa shape index (κ3) is 4.80. The molecule has 104 valence electrons. The Balaban J connectivity index is 2.85. The summed E-state index contributed by atoms with van der Waals surface area (Å²) in [5, 5.41) is 19.2. The summed E-state index contributed by atoms with van der Waals surface area (Å²) in [6, 6.07) is 4.03. The molecule has 8 nitrogen and oxygen atoms in total. The van der Waals surface area contributed by atoms with Crippen LogP contribution < -0.4 is 10.2 Å². The van der Waals surface area contributed by atoms with Crippen LogP contribution in [0.2, 0.25) is 0 Å². The van der Waals surface area contributed by atoms with Crippen LogP contribution in [-0.4, -0.2) is 28.7 Å². The molecule has 0 saturated carbocycles. The van der Waals surface area contributed by atoms with Gasteiger partial charge in [0.05, 0.1) is 16.7 Å². The van der Waals surface area contributed by atoms with Gasteiger partial charge in [0.25, 0.3) is 0 Å². The van der Waals surface area contributed by atoms with Crippen molar-refractivity contribution in [3.8, 4) is 5.75 Å². The van der Waals surface area contributed by atoms with E-state index in [4.69, 9.17) is 9.84 Å². The number of benzene rings is 1. The van der Waals surface area contributed by atoms with Crippen molar-refractivity contribution in [1.82, 2.24) is 0 Å². The van der Waals surface area contributed by atoms with E-state index in [1.165, 1.54) is 18.2 Å². The molecular formula is C11H14N2O6. The van der Waals surface area contributed by atoms with Crippen molar-refractivity contribution in [3.05, 3.63) is 28.3 Å². The lowest BCUT2D eigenvalue weighted by Gasteiger charge is -2.12. The lowest BCUT2D eigenvalue weighted by Crippen LogP contribution is -2.12. The molecule has 19 heavy (non-hydrogen) atoms. The van der Waals surface area contributed by atoms with E-state index in [0.717, 1.165) is 0 Å².